The van der Waals surface area contributed by atoms with Gasteiger partial charge < -0.3 is 5.32 Å². The molecule has 0 atom stereocenters. The molecule has 0 aromatic heterocycles. The smallest absolute Gasteiger partial charge is 0.0401 e. The van der Waals surface area contributed by atoms with E-state index >= 15 is 0 Å². The second-order valence-electron chi connectivity index (χ2n) is 3.92. The fourth-order valence-electron chi connectivity index (χ4n) is 1.62. The summed E-state index contributed by atoms with van der Waals surface area (Å²) in [5.41, 5.74) is 3.71. The summed E-state index contributed by atoms with van der Waals surface area (Å²) in [5.74, 6) is 0. The third-order valence-electron chi connectivity index (χ3n) is 2.61. The number of nitrogens with one attached hydrogen (secondary N) is 1. The molecule has 0 unspecified atom stereocenters. The van der Waals surface area contributed by atoms with Crippen LogP contribution in [0.3, 0.4) is 0 Å². The predicted octanol–water partition coefficient (Wildman–Crippen LogP) is 5.13. The van der Waals surface area contributed by atoms with E-state index in [0.29, 0.717) is 0 Å². The lowest BCUT2D eigenvalue weighted by Crippen LogP contribution is -2.00. The van der Waals surface area contributed by atoms with Crippen molar-refractivity contribution < 1.29 is 0 Å². The molecule has 0 bridgehead atoms. The van der Waals surface area contributed by atoms with E-state index in [4.69, 9.17) is 0 Å². The lowest BCUT2D eigenvalue weighted by Gasteiger charge is -2.09. The van der Waals surface area contributed by atoms with Crippen LogP contribution in [0.5, 0.6) is 0 Å². The van der Waals surface area contributed by atoms with Crippen molar-refractivity contribution in [1.29, 1.82) is 0 Å². The van der Waals surface area contributed by atoms with E-state index in [1.165, 1.54) is 16.8 Å². The molecule has 0 aliphatic heterocycles. The van der Waals surface area contributed by atoms with Gasteiger partial charge in [0.15, 0.2) is 0 Å². The summed E-state index contributed by atoms with van der Waals surface area (Å²) >= 11 is 6.98. The molecule has 0 saturated carbocycles. The van der Waals surface area contributed by atoms with E-state index in [2.05, 4.69) is 80.5 Å². The fraction of sp³-hybridized carbons (Fsp3) is 0.143. The first kappa shape index (κ1) is 12.7. The van der Waals surface area contributed by atoms with Gasteiger partial charge in [-0.15, -0.1) is 0 Å². The number of rotatable bonds is 3. The van der Waals surface area contributed by atoms with Gasteiger partial charge in [-0.3, -0.25) is 0 Å². The Hall–Kier alpha value is -0.800. The first-order valence-corrected chi connectivity index (χ1v) is 6.99. The lowest BCUT2D eigenvalue weighted by atomic mass is 10.2. The zero-order valence-corrected chi connectivity index (χ0v) is 12.7. The van der Waals surface area contributed by atoms with Crippen LogP contribution in [0.2, 0.25) is 0 Å². The van der Waals surface area contributed by atoms with Gasteiger partial charge in [0, 0.05) is 21.2 Å². The van der Waals surface area contributed by atoms with Crippen molar-refractivity contribution in [1.82, 2.24) is 0 Å². The molecule has 2 aromatic carbocycles. The van der Waals surface area contributed by atoms with Crippen LogP contribution in [0.1, 0.15) is 11.1 Å². The number of anilines is 1. The van der Waals surface area contributed by atoms with E-state index in [0.717, 1.165) is 15.5 Å². The topological polar surface area (TPSA) is 12.0 Å². The molecule has 0 saturated heterocycles. The molecule has 0 amide bonds. The monoisotopic (exact) mass is 353 g/mol. The molecule has 0 aliphatic rings. The van der Waals surface area contributed by atoms with Gasteiger partial charge in [-0.1, -0.05) is 24.3 Å². The maximum atomic E-state index is 3.51. The van der Waals surface area contributed by atoms with Crippen molar-refractivity contribution in [2.45, 2.75) is 13.5 Å². The molecule has 0 aliphatic carbocycles. The Morgan fingerprint density at radius 2 is 1.76 bits per heavy atom. The second kappa shape index (κ2) is 5.69. The van der Waals surface area contributed by atoms with Crippen LogP contribution in [0.4, 0.5) is 5.69 Å². The van der Waals surface area contributed by atoms with Crippen LogP contribution in [-0.2, 0) is 6.54 Å². The zero-order chi connectivity index (χ0) is 12.3. The number of benzene rings is 2. The molecular weight excluding hydrogens is 342 g/mol. The molecule has 17 heavy (non-hydrogen) atoms. The van der Waals surface area contributed by atoms with Crippen LogP contribution >= 0.6 is 31.9 Å². The fourth-order valence-corrected chi connectivity index (χ4v) is 2.29. The minimum Gasteiger partial charge on any atom is -0.381 e. The van der Waals surface area contributed by atoms with Crippen molar-refractivity contribution in [3.63, 3.8) is 0 Å². The van der Waals surface area contributed by atoms with E-state index in [1.54, 1.807) is 0 Å². The Bertz CT molecular complexity index is 523. The molecule has 3 heteroatoms. The molecule has 2 aromatic rings. The number of aryl methyl sites for hydroxylation is 1. The number of hydrogen-bond acceptors (Lipinski definition) is 1. The molecule has 0 radical (unpaired) electrons. The van der Waals surface area contributed by atoms with Crippen molar-refractivity contribution in [3.05, 3.63) is 62.5 Å². The van der Waals surface area contributed by atoms with Crippen molar-refractivity contribution in [3.8, 4) is 0 Å². The van der Waals surface area contributed by atoms with Crippen molar-refractivity contribution in [2.75, 3.05) is 5.32 Å². The summed E-state index contributed by atoms with van der Waals surface area (Å²) in [7, 11) is 0. The van der Waals surface area contributed by atoms with Gasteiger partial charge in [0.25, 0.3) is 0 Å². The largest absolute Gasteiger partial charge is 0.381 e. The third kappa shape index (κ3) is 3.33. The maximum Gasteiger partial charge on any atom is 0.0401 e. The molecule has 2 rings (SSSR count). The van der Waals surface area contributed by atoms with Gasteiger partial charge in [-0.25, -0.2) is 0 Å². The Balaban J connectivity index is 2.08. The average Bonchev–Trinajstić information content (AvgIpc) is 2.32. The summed E-state index contributed by atoms with van der Waals surface area (Å²) in [4.78, 5) is 0. The van der Waals surface area contributed by atoms with Gasteiger partial charge in [0.1, 0.15) is 0 Å². The summed E-state index contributed by atoms with van der Waals surface area (Å²) in [6.07, 6.45) is 0. The van der Waals surface area contributed by atoms with Gasteiger partial charge in [-0.05, 0) is 68.1 Å². The average molecular weight is 355 g/mol. The van der Waals surface area contributed by atoms with Crippen LogP contribution in [-0.4, -0.2) is 0 Å². The van der Waals surface area contributed by atoms with Crippen molar-refractivity contribution >= 4 is 37.5 Å². The third-order valence-corrected chi connectivity index (χ3v) is 4.49. The Kier molecular flexibility index (Phi) is 4.24. The molecular formula is C14H13Br2N. The van der Waals surface area contributed by atoms with Crippen LogP contribution in [0, 0.1) is 6.92 Å². The van der Waals surface area contributed by atoms with E-state index < -0.39 is 0 Å². The highest BCUT2D eigenvalue weighted by molar-refractivity contribution is 9.13. The normalized spacial score (nSPS) is 10.3. The minimum absolute atomic E-state index is 0.830. The first-order chi connectivity index (χ1) is 8.16. The van der Waals surface area contributed by atoms with Gasteiger partial charge in [0.05, 0.1) is 0 Å². The molecule has 1 N–H and O–H groups in total. The van der Waals surface area contributed by atoms with Crippen molar-refractivity contribution in [2.24, 2.45) is 0 Å². The number of para-hydroxylation sites is 1. The Labute approximate surface area is 119 Å². The molecule has 1 nitrogen and oxygen atoms in total. The highest BCUT2D eigenvalue weighted by atomic mass is 79.9. The Morgan fingerprint density at radius 3 is 2.47 bits per heavy atom. The zero-order valence-electron chi connectivity index (χ0n) is 9.50. The number of halogens is 2. The molecule has 0 fully saturated rings. The van der Waals surface area contributed by atoms with E-state index in [-0.39, 0.29) is 0 Å². The summed E-state index contributed by atoms with van der Waals surface area (Å²) in [6, 6.07) is 14.6. The molecule has 88 valence electrons. The van der Waals surface area contributed by atoms with Crippen LogP contribution in [0.25, 0.3) is 0 Å². The maximum absolute atomic E-state index is 3.51. The van der Waals surface area contributed by atoms with Gasteiger partial charge >= 0.3 is 0 Å². The summed E-state index contributed by atoms with van der Waals surface area (Å²) in [6.45, 7) is 2.94. The Morgan fingerprint density at radius 1 is 1.00 bits per heavy atom. The van der Waals surface area contributed by atoms with E-state index in [1.807, 2.05) is 6.07 Å². The molecule has 0 spiro atoms. The van der Waals surface area contributed by atoms with Gasteiger partial charge in [-0.2, -0.15) is 0 Å². The van der Waals surface area contributed by atoms with Crippen LogP contribution in [0.15, 0.2) is 51.4 Å². The number of hydrogen-bond donors (Lipinski definition) is 1. The van der Waals surface area contributed by atoms with Gasteiger partial charge in [0.2, 0.25) is 0 Å². The summed E-state index contributed by atoms with van der Waals surface area (Å²) < 4.78 is 2.17. The first-order valence-electron chi connectivity index (χ1n) is 5.40. The molecule has 0 heterocycles. The second-order valence-corrected chi connectivity index (χ2v) is 5.63. The quantitative estimate of drug-likeness (QED) is 0.805. The highest BCUT2D eigenvalue weighted by Gasteiger charge is 2.00. The predicted molar refractivity (Wildman–Crippen MR) is 80.3 cm³/mol. The minimum atomic E-state index is 0.830. The standard InChI is InChI=1S/C14H13Br2N/c1-10-4-2-3-5-14(10)17-9-11-6-7-12(15)13(16)8-11/h2-8,17H,9H2,1H3. The highest BCUT2D eigenvalue weighted by Crippen LogP contribution is 2.24. The SMILES string of the molecule is Cc1ccccc1NCc1ccc(Br)c(Br)c1. The summed E-state index contributed by atoms with van der Waals surface area (Å²) in [5, 5.41) is 3.44. The lowest BCUT2D eigenvalue weighted by molar-refractivity contribution is 1.13. The van der Waals surface area contributed by atoms with Crippen LogP contribution < -0.4 is 5.32 Å². The van der Waals surface area contributed by atoms with E-state index in [9.17, 15) is 0 Å².